The maximum atomic E-state index is 13.2. The first-order valence-corrected chi connectivity index (χ1v) is 6.81. The third-order valence-corrected chi connectivity index (χ3v) is 3.49. The molecule has 1 heterocycles. The van der Waals surface area contributed by atoms with Gasteiger partial charge in [-0.25, -0.2) is 8.78 Å². The summed E-state index contributed by atoms with van der Waals surface area (Å²) < 4.78 is 32.4. The van der Waals surface area contributed by atoms with Gasteiger partial charge < -0.3 is 9.73 Å². The van der Waals surface area contributed by atoms with Crippen LogP contribution < -0.4 is 5.32 Å². The van der Waals surface area contributed by atoms with E-state index in [1.54, 1.807) is 12.3 Å². The van der Waals surface area contributed by atoms with Crippen LogP contribution >= 0.6 is 15.9 Å². The van der Waals surface area contributed by atoms with Crippen LogP contribution in [0, 0.1) is 11.6 Å². The molecule has 0 amide bonds. The molecule has 0 radical (unpaired) electrons. The Labute approximate surface area is 118 Å². The van der Waals surface area contributed by atoms with Gasteiger partial charge >= 0.3 is 0 Å². The van der Waals surface area contributed by atoms with E-state index < -0.39 is 11.6 Å². The Morgan fingerprint density at radius 2 is 2.05 bits per heavy atom. The van der Waals surface area contributed by atoms with E-state index in [-0.39, 0.29) is 6.04 Å². The molecule has 0 aliphatic heterocycles. The summed E-state index contributed by atoms with van der Waals surface area (Å²) in [6.07, 6.45) is 2.12. The minimum absolute atomic E-state index is 0.0840. The molecule has 0 spiro atoms. The number of hydrogen-bond donors (Lipinski definition) is 1. The number of furan rings is 1. The van der Waals surface area contributed by atoms with Gasteiger partial charge in [0.25, 0.3) is 0 Å². The van der Waals surface area contributed by atoms with E-state index in [9.17, 15) is 8.78 Å². The molecule has 0 aliphatic carbocycles. The highest BCUT2D eigenvalue weighted by Gasteiger charge is 2.18. The zero-order chi connectivity index (χ0) is 13.8. The van der Waals surface area contributed by atoms with Crippen LogP contribution in [0.1, 0.15) is 24.3 Å². The van der Waals surface area contributed by atoms with E-state index in [0.29, 0.717) is 12.0 Å². The van der Waals surface area contributed by atoms with Crippen molar-refractivity contribution in [1.29, 1.82) is 0 Å². The van der Waals surface area contributed by atoms with E-state index in [0.717, 1.165) is 22.8 Å². The fourth-order valence-electron chi connectivity index (χ4n) is 1.96. The Kier molecular flexibility index (Phi) is 4.71. The van der Waals surface area contributed by atoms with Crippen molar-refractivity contribution in [3.63, 3.8) is 0 Å². The molecule has 102 valence electrons. The van der Waals surface area contributed by atoms with Gasteiger partial charge in [0.15, 0.2) is 11.6 Å². The summed E-state index contributed by atoms with van der Waals surface area (Å²) in [4.78, 5) is 0. The molecule has 0 saturated heterocycles. The minimum atomic E-state index is -0.831. The van der Waals surface area contributed by atoms with E-state index in [2.05, 4.69) is 21.2 Å². The number of benzene rings is 1. The van der Waals surface area contributed by atoms with Crippen molar-refractivity contribution in [3.05, 3.63) is 58.0 Å². The normalized spacial score (nSPS) is 12.6. The van der Waals surface area contributed by atoms with E-state index >= 15 is 0 Å². The molecule has 1 atom stereocenters. The van der Waals surface area contributed by atoms with Gasteiger partial charge in [0.2, 0.25) is 0 Å². The summed E-state index contributed by atoms with van der Waals surface area (Å²) in [6, 6.07) is 5.67. The van der Waals surface area contributed by atoms with Crippen molar-refractivity contribution < 1.29 is 13.2 Å². The Balaban J connectivity index is 2.21. The van der Waals surface area contributed by atoms with Gasteiger partial charge in [-0.2, -0.15) is 0 Å². The average Bonchev–Trinajstić information content (AvgIpc) is 2.79. The number of likely N-dealkylation sites (N-methyl/N-ethyl adjacent to an activating group) is 1. The van der Waals surface area contributed by atoms with Gasteiger partial charge in [0, 0.05) is 0 Å². The third-order valence-electron chi connectivity index (χ3n) is 2.84. The number of nitrogens with one attached hydrogen (secondary N) is 1. The molecule has 2 rings (SSSR count). The molecule has 0 saturated carbocycles. The largest absolute Gasteiger partial charge is 0.466 e. The van der Waals surface area contributed by atoms with Crippen LogP contribution in [0.25, 0.3) is 0 Å². The molecule has 2 aromatic rings. The fourth-order valence-corrected chi connectivity index (χ4v) is 2.44. The maximum Gasteiger partial charge on any atom is 0.159 e. The molecule has 1 aromatic carbocycles. The monoisotopic (exact) mass is 329 g/mol. The second-order valence-electron chi connectivity index (χ2n) is 4.20. The Hall–Kier alpha value is -1.20. The zero-order valence-corrected chi connectivity index (χ0v) is 12.0. The summed E-state index contributed by atoms with van der Waals surface area (Å²) in [5.41, 5.74) is 0.716. The second-order valence-corrected chi connectivity index (χ2v) is 5.05. The highest BCUT2D eigenvalue weighted by atomic mass is 79.9. The highest BCUT2D eigenvalue weighted by Crippen LogP contribution is 2.27. The first-order chi connectivity index (χ1) is 9.11. The molecule has 0 aliphatic rings. The SMILES string of the molecule is CCNC(Cc1ccc(F)c(F)c1)c1occc1Br. The molecule has 19 heavy (non-hydrogen) atoms. The molecular weight excluding hydrogens is 316 g/mol. The summed E-state index contributed by atoms with van der Waals surface area (Å²) in [6.45, 7) is 2.73. The average molecular weight is 330 g/mol. The summed E-state index contributed by atoms with van der Waals surface area (Å²) in [5.74, 6) is -0.902. The lowest BCUT2D eigenvalue weighted by molar-refractivity contribution is 0.413. The van der Waals surface area contributed by atoms with Gasteiger partial charge in [-0.05, 0) is 52.7 Å². The first-order valence-electron chi connectivity index (χ1n) is 6.02. The van der Waals surface area contributed by atoms with Gasteiger partial charge in [0.05, 0.1) is 16.8 Å². The lowest BCUT2D eigenvalue weighted by atomic mass is 10.0. The molecule has 1 unspecified atom stereocenters. The van der Waals surface area contributed by atoms with Gasteiger partial charge in [-0.15, -0.1) is 0 Å². The molecule has 1 aromatic heterocycles. The third kappa shape index (κ3) is 3.42. The smallest absolute Gasteiger partial charge is 0.159 e. The Bertz CT molecular complexity index is 556. The van der Waals surface area contributed by atoms with Crippen LogP contribution in [0.5, 0.6) is 0 Å². The Morgan fingerprint density at radius 1 is 1.26 bits per heavy atom. The molecule has 1 N–H and O–H groups in total. The van der Waals surface area contributed by atoms with Crippen LogP contribution in [-0.4, -0.2) is 6.54 Å². The van der Waals surface area contributed by atoms with Crippen molar-refractivity contribution in [2.75, 3.05) is 6.54 Å². The van der Waals surface area contributed by atoms with E-state index in [1.165, 1.54) is 6.07 Å². The number of halogens is 3. The van der Waals surface area contributed by atoms with Gasteiger partial charge in [-0.1, -0.05) is 13.0 Å². The first kappa shape index (κ1) is 14.2. The predicted octanol–water partition coefficient (Wildman–Crippen LogP) is 4.21. The molecule has 0 fully saturated rings. The highest BCUT2D eigenvalue weighted by molar-refractivity contribution is 9.10. The van der Waals surface area contributed by atoms with Crippen LogP contribution in [0.15, 0.2) is 39.4 Å². The van der Waals surface area contributed by atoms with Crippen molar-refractivity contribution in [2.24, 2.45) is 0 Å². The molecular formula is C14H14BrF2NO. The second kappa shape index (κ2) is 6.30. The van der Waals surface area contributed by atoms with Crippen molar-refractivity contribution in [1.82, 2.24) is 5.32 Å². The molecule has 0 bridgehead atoms. The molecule has 2 nitrogen and oxygen atoms in total. The van der Waals surface area contributed by atoms with Crippen LogP contribution in [-0.2, 0) is 6.42 Å². The predicted molar refractivity (Wildman–Crippen MR) is 72.9 cm³/mol. The van der Waals surface area contributed by atoms with Gasteiger partial charge in [0.1, 0.15) is 5.76 Å². The van der Waals surface area contributed by atoms with Crippen molar-refractivity contribution in [2.45, 2.75) is 19.4 Å². The lowest BCUT2D eigenvalue weighted by Gasteiger charge is -2.16. The summed E-state index contributed by atoms with van der Waals surface area (Å²) in [7, 11) is 0. The standard InChI is InChI=1S/C14H14BrF2NO/c1-2-18-13(14-10(15)5-6-19-14)8-9-3-4-11(16)12(17)7-9/h3-7,13,18H,2,8H2,1H3. The van der Waals surface area contributed by atoms with Crippen LogP contribution in [0.4, 0.5) is 8.78 Å². The number of rotatable bonds is 5. The quantitative estimate of drug-likeness (QED) is 0.888. The lowest BCUT2D eigenvalue weighted by Crippen LogP contribution is -2.22. The van der Waals surface area contributed by atoms with Crippen molar-refractivity contribution in [3.8, 4) is 0 Å². The van der Waals surface area contributed by atoms with E-state index in [1.807, 2.05) is 13.0 Å². The van der Waals surface area contributed by atoms with Crippen LogP contribution in [0.3, 0.4) is 0 Å². The summed E-state index contributed by atoms with van der Waals surface area (Å²) in [5, 5.41) is 3.27. The zero-order valence-electron chi connectivity index (χ0n) is 10.4. The van der Waals surface area contributed by atoms with Gasteiger partial charge in [-0.3, -0.25) is 0 Å². The van der Waals surface area contributed by atoms with E-state index in [4.69, 9.17) is 4.42 Å². The number of hydrogen-bond acceptors (Lipinski definition) is 2. The summed E-state index contributed by atoms with van der Waals surface area (Å²) >= 11 is 3.41. The Morgan fingerprint density at radius 3 is 2.63 bits per heavy atom. The molecule has 5 heteroatoms. The van der Waals surface area contributed by atoms with Crippen molar-refractivity contribution >= 4 is 15.9 Å². The fraction of sp³-hybridized carbons (Fsp3) is 0.286. The maximum absolute atomic E-state index is 13.2. The topological polar surface area (TPSA) is 25.2 Å². The minimum Gasteiger partial charge on any atom is -0.466 e. The van der Waals surface area contributed by atoms with Crippen LogP contribution in [0.2, 0.25) is 0 Å².